The Morgan fingerprint density at radius 2 is 1.94 bits per heavy atom. The van der Waals surface area contributed by atoms with Gasteiger partial charge in [-0.3, -0.25) is 9.69 Å². The third kappa shape index (κ3) is 6.50. The van der Waals surface area contributed by atoms with Gasteiger partial charge in [0.2, 0.25) is 0 Å². The number of rotatable bonds is 8. The lowest BCUT2D eigenvalue weighted by Gasteiger charge is -2.33. The number of anilines is 1. The van der Waals surface area contributed by atoms with E-state index in [0.717, 1.165) is 45.2 Å². The van der Waals surface area contributed by atoms with E-state index in [2.05, 4.69) is 68.8 Å². The van der Waals surface area contributed by atoms with Crippen LogP contribution in [-0.2, 0) is 13.0 Å². The summed E-state index contributed by atoms with van der Waals surface area (Å²) in [4.78, 5) is 25.6. The van der Waals surface area contributed by atoms with Gasteiger partial charge in [-0.05, 0) is 57.3 Å². The molecule has 178 valence electrons. The smallest absolute Gasteiger partial charge is 0.270 e. The third-order valence-electron chi connectivity index (χ3n) is 6.86. The highest BCUT2D eigenvalue weighted by Gasteiger charge is 2.23. The molecule has 4 rings (SSSR count). The number of hydrogen-bond acceptors (Lipinski definition) is 7. The molecular formula is C25H36N6O2. The molecular weight excluding hydrogens is 416 g/mol. The molecule has 2 heterocycles. The molecule has 2 aliphatic rings. The van der Waals surface area contributed by atoms with E-state index in [1.54, 1.807) is 6.07 Å². The van der Waals surface area contributed by atoms with Crippen LogP contribution in [0.2, 0.25) is 0 Å². The van der Waals surface area contributed by atoms with Crippen molar-refractivity contribution < 1.29 is 9.90 Å². The maximum atomic E-state index is 12.6. The number of aromatic nitrogens is 2. The Bertz CT molecular complexity index is 929. The Hall–Kier alpha value is -2.55. The van der Waals surface area contributed by atoms with Gasteiger partial charge in [-0.25, -0.2) is 9.97 Å². The number of fused-ring (bicyclic) bond motifs is 1. The molecule has 0 spiro atoms. The van der Waals surface area contributed by atoms with Crippen LogP contribution in [-0.4, -0.2) is 82.7 Å². The van der Waals surface area contributed by atoms with E-state index in [4.69, 9.17) is 0 Å². The minimum Gasteiger partial charge on any atom is -0.390 e. The predicted octanol–water partition coefficient (Wildman–Crippen LogP) is 1.91. The molecule has 1 fully saturated rings. The number of β-amino-alcohol motifs (C(OH)–C–C–N with tert-alkyl or cyclic N) is 1. The monoisotopic (exact) mass is 452 g/mol. The van der Waals surface area contributed by atoms with E-state index in [0.29, 0.717) is 30.1 Å². The van der Waals surface area contributed by atoms with Gasteiger partial charge in [0, 0.05) is 44.3 Å². The van der Waals surface area contributed by atoms with Gasteiger partial charge in [0.15, 0.2) is 0 Å². The van der Waals surface area contributed by atoms with Gasteiger partial charge in [0.25, 0.3) is 5.91 Å². The lowest BCUT2D eigenvalue weighted by atomic mass is 9.90. The Kier molecular flexibility index (Phi) is 7.90. The number of carbonyl (C=O) groups is 1. The van der Waals surface area contributed by atoms with Crippen molar-refractivity contribution in [3.8, 4) is 0 Å². The molecule has 1 aromatic carbocycles. The second kappa shape index (κ2) is 11.0. The number of nitrogens with one attached hydrogen (secondary N) is 2. The molecule has 8 nitrogen and oxygen atoms in total. The first kappa shape index (κ1) is 23.6. The van der Waals surface area contributed by atoms with Crippen LogP contribution in [0, 0.1) is 0 Å². The minimum absolute atomic E-state index is 0.193. The standard InChI is InChI=1S/C25H36N6O2/c1-30(2)21-9-7-20(8-10-21)29-24-13-23(27-17-28-24)25(33)26-14-22(32)16-31-12-11-18-5-3-4-6-19(18)15-31/h3-6,13,17,20-22,32H,7-12,14-16H2,1-2H3,(H,26,33)(H,27,28,29)/t20-,21+,22?. The van der Waals surface area contributed by atoms with Crippen LogP contribution in [0.25, 0.3) is 0 Å². The summed E-state index contributed by atoms with van der Waals surface area (Å²) in [6.45, 7) is 2.47. The van der Waals surface area contributed by atoms with Crippen LogP contribution in [0.3, 0.4) is 0 Å². The zero-order valence-electron chi connectivity index (χ0n) is 19.7. The first-order valence-electron chi connectivity index (χ1n) is 12.0. The molecule has 33 heavy (non-hydrogen) atoms. The number of nitrogens with zero attached hydrogens (tertiary/aromatic N) is 4. The molecule has 0 radical (unpaired) electrons. The fraction of sp³-hybridized carbons (Fsp3) is 0.560. The summed E-state index contributed by atoms with van der Waals surface area (Å²) >= 11 is 0. The summed E-state index contributed by atoms with van der Waals surface area (Å²) in [5.41, 5.74) is 3.01. The summed E-state index contributed by atoms with van der Waals surface area (Å²) in [7, 11) is 4.27. The second-order valence-corrected chi connectivity index (χ2v) is 9.52. The maximum Gasteiger partial charge on any atom is 0.270 e. The second-order valence-electron chi connectivity index (χ2n) is 9.52. The number of benzene rings is 1. The zero-order chi connectivity index (χ0) is 23.2. The van der Waals surface area contributed by atoms with Gasteiger partial charge in [-0.2, -0.15) is 0 Å². The predicted molar refractivity (Wildman–Crippen MR) is 129 cm³/mol. The summed E-state index contributed by atoms with van der Waals surface area (Å²) in [6, 6.07) is 11.1. The molecule has 1 aromatic heterocycles. The largest absolute Gasteiger partial charge is 0.390 e. The molecule has 1 amide bonds. The highest BCUT2D eigenvalue weighted by molar-refractivity contribution is 5.92. The lowest BCUT2D eigenvalue weighted by Crippen LogP contribution is -2.42. The van der Waals surface area contributed by atoms with Gasteiger partial charge >= 0.3 is 0 Å². The topological polar surface area (TPSA) is 93.6 Å². The molecule has 0 saturated heterocycles. The Balaban J connectivity index is 1.23. The van der Waals surface area contributed by atoms with E-state index in [9.17, 15) is 9.90 Å². The molecule has 1 saturated carbocycles. The Morgan fingerprint density at radius 3 is 2.70 bits per heavy atom. The van der Waals surface area contributed by atoms with Crippen molar-refractivity contribution in [1.29, 1.82) is 0 Å². The average Bonchev–Trinajstić information content (AvgIpc) is 2.83. The molecule has 1 atom stereocenters. The maximum absolute atomic E-state index is 12.6. The van der Waals surface area contributed by atoms with E-state index in [1.165, 1.54) is 17.5 Å². The summed E-state index contributed by atoms with van der Waals surface area (Å²) in [5, 5.41) is 16.7. The SMILES string of the molecule is CN(C)[C@H]1CC[C@@H](Nc2cc(C(=O)NCC(O)CN3CCc4ccccc4C3)ncn2)CC1. The van der Waals surface area contributed by atoms with Crippen LogP contribution in [0.5, 0.6) is 0 Å². The Labute approximate surface area is 196 Å². The fourth-order valence-electron chi connectivity index (χ4n) is 4.88. The van der Waals surface area contributed by atoms with Gasteiger partial charge in [0.1, 0.15) is 17.8 Å². The van der Waals surface area contributed by atoms with Crippen molar-refractivity contribution in [1.82, 2.24) is 25.1 Å². The zero-order valence-corrected chi connectivity index (χ0v) is 19.7. The minimum atomic E-state index is -0.634. The van der Waals surface area contributed by atoms with Gasteiger partial charge in [-0.15, -0.1) is 0 Å². The van der Waals surface area contributed by atoms with E-state index >= 15 is 0 Å². The van der Waals surface area contributed by atoms with Gasteiger partial charge in [-0.1, -0.05) is 24.3 Å². The molecule has 0 bridgehead atoms. The number of amides is 1. The van der Waals surface area contributed by atoms with E-state index < -0.39 is 6.10 Å². The van der Waals surface area contributed by atoms with Crippen LogP contribution < -0.4 is 10.6 Å². The molecule has 8 heteroatoms. The molecule has 1 aliphatic carbocycles. The lowest BCUT2D eigenvalue weighted by molar-refractivity contribution is 0.0838. The summed E-state index contributed by atoms with van der Waals surface area (Å²) in [6.07, 6.45) is 6.26. The number of carbonyl (C=O) groups excluding carboxylic acids is 1. The van der Waals surface area contributed by atoms with E-state index in [-0.39, 0.29) is 12.5 Å². The highest BCUT2D eigenvalue weighted by Crippen LogP contribution is 2.24. The van der Waals surface area contributed by atoms with E-state index in [1.807, 2.05) is 0 Å². The van der Waals surface area contributed by atoms with Crippen molar-refractivity contribution in [2.75, 3.05) is 39.0 Å². The van der Waals surface area contributed by atoms with Crippen LogP contribution >= 0.6 is 0 Å². The van der Waals surface area contributed by atoms with Crippen molar-refractivity contribution >= 4 is 11.7 Å². The van der Waals surface area contributed by atoms with Gasteiger partial charge < -0.3 is 20.6 Å². The molecule has 2 aromatic rings. The van der Waals surface area contributed by atoms with Crippen LogP contribution in [0.1, 0.15) is 47.3 Å². The average molecular weight is 453 g/mol. The van der Waals surface area contributed by atoms with Crippen LogP contribution in [0.15, 0.2) is 36.7 Å². The summed E-state index contributed by atoms with van der Waals surface area (Å²) in [5.74, 6) is 0.385. The number of aliphatic hydroxyl groups excluding tert-OH is 1. The molecule has 1 aliphatic heterocycles. The highest BCUT2D eigenvalue weighted by atomic mass is 16.3. The van der Waals surface area contributed by atoms with Crippen molar-refractivity contribution in [3.05, 3.63) is 53.5 Å². The normalized spacial score (nSPS) is 21.9. The quantitative estimate of drug-likeness (QED) is 0.563. The molecule has 1 unspecified atom stereocenters. The van der Waals surface area contributed by atoms with Crippen molar-refractivity contribution in [2.45, 2.75) is 56.8 Å². The molecule has 3 N–H and O–H groups in total. The first-order valence-corrected chi connectivity index (χ1v) is 12.0. The first-order chi connectivity index (χ1) is 16.0. The Morgan fingerprint density at radius 1 is 1.18 bits per heavy atom. The number of hydrogen-bond donors (Lipinski definition) is 3. The van der Waals surface area contributed by atoms with Crippen LogP contribution in [0.4, 0.5) is 5.82 Å². The third-order valence-corrected chi connectivity index (χ3v) is 6.86. The van der Waals surface area contributed by atoms with Gasteiger partial charge in [0.05, 0.1) is 6.10 Å². The van der Waals surface area contributed by atoms with Crippen molar-refractivity contribution in [3.63, 3.8) is 0 Å². The summed E-state index contributed by atoms with van der Waals surface area (Å²) < 4.78 is 0. The fourth-order valence-corrected chi connectivity index (χ4v) is 4.88. The van der Waals surface area contributed by atoms with Crippen molar-refractivity contribution in [2.24, 2.45) is 0 Å². The number of aliphatic hydroxyl groups is 1.